The van der Waals surface area contributed by atoms with Crippen LogP contribution in [-0.4, -0.2) is 29.4 Å². The zero-order valence-corrected chi connectivity index (χ0v) is 15.8. The summed E-state index contributed by atoms with van der Waals surface area (Å²) in [6, 6.07) is 13.6. The fraction of sp³-hybridized carbons (Fsp3) is 0.143. The molecule has 0 fully saturated rings. The smallest absolute Gasteiger partial charge is 0.387 e. The Labute approximate surface area is 166 Å². The number of ether oxygens (including phenoxy) is 2. The van der Waals surface area contributed by atoms with Gasteiger partial charge in [-0.2, -0.15) is 13.9 Å². The Balaban J connectivity index is 1.69. The molecule has 3 aromatic rings. The van der Waals surface area contributed by atoms with Gasteiger partial charge in [-0.05, 0) is 55.0 Å². The first-order valence-corrected chi connectivity index (χ1v) is 8.69. The van der Waals surface area contributed by atoms with Gasteiger partial charge in [0, 0.05) is 23.7 Å². The number of rotatable bonds is 7. The van der Waals surface area contributed by atoms with Crippen LogP contribution < -0.4 is 14.8 Å². The molecule has 0 aliphatic rings. The summed E-state index contributed by atoms with van der Waals surface area (Å²) in [5.41, 5.74) is 3.01. The third kappa shape index (κ3) is 5.19. The van der Waals surface area contributed by atoms with Crippen molar-refractivity contribution >= 4 is 17.7 Å². The highest BCUT2D eigenvalue weighted by molar-refractivity contribution is 6.02. The Morgan fingerprint density at radius 2 is 2.00 bits per heavy atom. The van der Waals surface area contributed by atoms with Gasteiger partial charge in [0.25, 0.3) is 0 Å². The van der Waals surface area contributed by atoms with Crippen LogP contribution in [0.25, 0.3) is 11.8 Å². The van der Waals surface area contributed by atoms with E-state index in [4.69, 9.17) is 4.74 Å². The minimum atomic E-state index is -2.95. The van der Waals surface area contributed by atoms with E-state index >= 15 is 0 Å². The monoisotopic (exact) mass is 399 g/mol. The second kappa shape index (κ2) is 9.01. The Morgan fingerprint density at radius 1 is 1.17 bits per heavy atom. The normalized spacial score (nSPS) is 11.1. The number of amides is 1. The Bertz CT molecular complexity index is 1030. The number of hydrogen-bond donors (Lipinski definition) is 1. The number of aromatic nitrogens is 2. The maximum Gasteiger partial charge on any atom is 0.387 e. The molecule has 1 aromatic heterocycles. The van der Waals surface area contributed by atoms with Gasteiger partial charge in [0.1, 0.15) is 0 Å². The first-order valence-electron chi connectivity index (χ1n) is 8.69. The van der Waals surface area contributed by atoms with Crippen LogP contribution in [0.4, 0.5) is 14.5 Å². The highest BCUT2D eigenvalue weighted by atomic mass is 19.3. The van der Waals surface area contributed by atoms with E-state index in [2.05, 4.69) is 15.2 Å². The van der Waals surface area contributed by atoms with Crippen molar-refractivity contribution in [2.24, 2.45) is 0 Å². The van der Waals surface area contributed by atoms with Crippen LogP contribution in [0.1, 0.15) is 11.3 Å². The number of nitrogens with one attached hydrogen (secondary N) is 1. The minimum absolute atomic E-state index is 0.0742. The average Bonchev–Trinajstić information content (AvgIpc) is 3.13. The summed E-state index contributed by atoms with van der Waals surface area (Å²) < 4.78 is 36.0. The van der Waals surface area contributed by atoms with E-state index in [0.29, 0.717) is 11.3 Å². The molecule has 150 valence electrons. The molecule has 0 aliphatic heterocycles. The summed E-state index contributed by atoms with van der Waals surface area (Å²) in [5.74, 6) is -0.267. The lowest BCUT2D eigenvalue weighted by atomic mass is 10.2. The van der Waals surface area contributed by atoms with Crippen LogP contribution in [0.3, 0.4) is 0 Å². The molecule has 0 saturated carbocycles. The van der Waals surface area contributed by atoms with Crippen molar-refractivity contribution in [3.63, 3.8) is 0 Å². The predicted octanol–water partition coefficient (Wildman–Crippen LogP) is 4.44. The average molecular weight is 399 g/mol. The SMILES string of the molecule is COc1cc(/C=C\C(=O)Nc2cccc(-n3nccc3C)c2)ccc1OC(F)F. The standard InChI is InChI=1S/C21H19F2N3O3/c1-14-10-11-24-26(14)17-5-3-4-16(13-17)25-20(27)9-7-15-6-8-18(29-21(22)23)19(12-15)28-2/h3-13,21H,1-2H3,(H,25,27)/b9-7-. The molecule has 6 nitrogen and oxygen atoms in total. The first-order chi connectivity index (χ1) is 14.0. The molecule has 0 unspecified atom stereocenters. The fourth-order valence-electron chi connectivity index (χ4n) is 2.69. The molecule has 1 N–H and O–H groups in total. The third-order valence-electron chi connectivity index (χ3n) is 4.02. The lowest BCUT2D eigenvalue weighted by molar-refractivity contribution is -0.111. The number of carbonyl (C=O) groups is 1. The van der Waals surface area contributed by atoms with Crippen LogP contribution in [0, 0.1) is 6.92 Å². The molecule has 0 aliphatic carbocycles. The van der Waals surface area contributed by atoms with Crippen LogP contribution >= 0.6 is 0 Å². The second-order valence-corrected chi connectivity index (χ2v) is 6.05. The van der Waals surface area contributed by atoms with E-state index in [1.54, 1.807) is 29.1 Å². The number of methoxy groups -OCH3 is 1. The Kier molecular flexibility index (Phi) is 6.23. The molecule has 0 radical (unpaired) electrons. The maximum atomic E-state index is 12.4. The zero-order valence-electron chi connectivity index (χ0n) is 15.8. The number of hydrogen-bond acceptors (Lipinski definition) is 4. The number of alkyl halides is 2. The third-order valence-corrected chi connectivity index (χ3v) is 4.02. The van der Waals surface area contributed by atoms with Crippen LogP contribution in [0.5, 0.6) is 11.5 Å². The summed E-state index contributed by atoms with van der Waals surface area (Å²) in [6.07, 6.45) is 4.59. The lowest BCUT2D eigenvalue weighted by Gasteiger charge is -2.10. The van der Waals surface area contributed by atoms with Crippen molar-refractivity contribution in [3.05, 3.63) is 72.1 Å². The van der Waals surface area contributed by atoms with Crippen LogP contribution in [0.15, 0.2) is 60.8 Å². The van der Waals surface area contributed by atoms with Gasteiger partial charge in [-0.3, -0.25) is 4.79 Å². The molecule has 29 heavy (non-hydrogen) atoms. The van der Waals surface area contributed by atoms with Crippen molar-refractivity contribution in [1.29, 1.82) is 0 Å². The molecule has 0 bridgehead atoms. The summed E-state index contributed by atoms with van der Waals surface area (Å²) >= 11 is 0. The summed E-state index contributed by atoms with van der Waals surface area (Å²) in [6.45, 7) is -1.01. The summed E-state index contributed by atoms with van der Waals surface area (Å²) in [4.78, 5) is 12.2. The van der Waals surface area contributed by atoms with Crippen LogP contribution in [0.2, 0.25) is 0 Å². The number of nitrogens with zero attached hydrogens (tertiary/aromatic N) is 2. The van der Waals surface area contributed by atoms with Gasteiger partial charge in [0.05, 0.1) is 12.8 Å². The van der Waals surface area contributed by atoms with Gasteiger partial charge in [0.15, 0.2) is 11.5 Å². The van der Waals surface area contributed by atoms with Crippen LogP contribution in [-0.2, 0) is 4.79 Å². The number of carbonyl (C=O) groups excluding carboxylic acids is 1. The van der Waals surface area contributed by atoms with Gasteiger partial charge in [0.2, 0.25) is 5.91 Å². The quantitative estimate of drug-likeness (QED) is 0.597. The van der Waals surface area contributed by atoms with Crippen molar-refractivity contribution in [3.8, 4) is 17.2 Å². The van der Waals surface area contributed by atoms with Gasteiger partial charge in [-0.25, -0.2) is 4.68 Å². The van der Waals surface area contributed by atoms with Gasteiger partial charge in [-0.15, -0.1) is 0 Å². The van der Waals surface area contributed by atoms with E-state index in [9.17, 15) is 13.6 Å². The molecule has 1 amide bonds. The Hall–Kier alpha value is -3.68. The fourth-order valence-corrected chi connectivity index (χ4v) is 2.69. The van der Waals surface area contributed by atoms with Crippen molar-refractivity contribution in [2.75, 3.05) is 12.4 Å². The van der Waals surface area contributed by atoms with Crippen molar-refractivity contribution in [1.82, 2.24) is 9.78 Å². The molecule has 0 saturated heterocycles. The van der Waals surface area contributed by atoms with E-state index in [1.807, 2.05) is 31.2 Å². The minimum Gasteiger partial charge on any atom is -0.493 e. The first kappa shape index (κ1) is 20.1. The predicted molar refractivity (Wildman–Crippen MR) is 106 cm³/mol. The molecule has 0 atom stereocenters. The molecular weight excluding hydrogens is 380 g/mol. The highest BCUT2D eigenvalue weighted by Gasteiger charge is 2.10. The number of aryl methyl sites for hydroxylation is 1. The molecule has 2 aromatic carbocycles. The summed E-state index contributed by atoms with van der Waals surface area (Å²) in [5, 5.41) is 7.02. The highest BCUT2D eigenvalue weighted by Crippen LogP contribution is 2.29. The molecule has 0 spiro atoms. The lowest BCUT2D eigenvalue weighted by Crippen LogP contribution is -2.08. The van der Waals surface area contributed by atoms with Gasteiger partial charge in [-0.1, -0.05) is 12.1 Å². The summed E-state index contributed by atoms with van der Waals surface area (Å²) in [7, 11) is 1.35. The van der Waals surface area contributed by atoms with E-state index in [0.717, 1.165) is 11.4 Å². The van der Waals surface area contributed by atoms with Crippen molar-refractivity contribution in [2.45, 2.75) is 13.5 Å². The molecular formula is C21H19F2N3O3. The zero-order chi connectivity index (χ0) is 20.8. The molecule has 3 rings (SSSR count). The molecule has 1 heterocycles. The van der Waals surface area contributed by atoms with Gasteiger partial charge >= 0.3 is 6.61 Å². The van der Waals surface area contributed by atoms with E-state index in [1.165, 1.54) is 25.3 Å². The van der Waals surface area contributed by atoms with E-state index in [-0.39, 0.29) is 17.4 Å². The topological polar surface area (TPSA) is 65.4 Å². The Morgan fingerprint density at radius 3 is 2.69 bits per heavy atom. The number of anilines is 1. The molecule has 8 heteroatoms. The second-order valence-electron chi connectivity index (χ2n) is 6.05. The van der Waals surface area contributed by atoms with Gasteiger partial charge < -0.3 is 14.8 Å². The number of halogens is 2. The van der Waals surface area contributed by atoms with Crippen molar-refractivity contribution < 1.29 is 23.0 Å². The number of benzene rings is 2. The largest absolute Gasteiger partial charge is 0.493 e. The van der Waals surface area contributed by atoms with E-state index < -0.39 is 6.61 Å². The maximum absolute atomic E-state index is 12.4.